The Hall–Kier alpha value is -2.35. The topological polar surface area (TPSA) is 24.9 Å². The first-order valence-electron chi connectivity index (χ1n) is 7.26. The molecule has 0 aliphatic rings. The molecule has 0 radical (unpaired) electrons. The van der Waals surface area contributed by atoms with Crippen LogP contribution in [0.2, 0.25) is 0 Å². The lowest BCUT2D eigenvalue weighted by Crippen LogP contribution is -2.00. The lowest BCUT2D eigenvalue weighted by molar-refractivity contribution is 1.29. The third-order valence-corrected chi connectivity index (χ3v) is 3.97. The molecule has 1 N–H and O–H groups in total. The zero-order valence-electron chi connectivity index (χ0n) is 13.0. The third kappa shape index (κ3) is 2.27. The first kappa shape index (κ1) is 13.6. The molecule has 0 unspecified atom stereocenters. The van der Waals surface area contributed by atoms with Crippen molar-refractivity contribution in [2.75, 3.05) is 12.4 Å². The number of benzene rings is 2. The highest BCUT2D eigenvalue weighted by Crippen LogP contribution is 2.34. The van der Waals surface area contributed by atoms with Gasteiger partial charge in [-0.1, -0.05) is 42.0 Å². The monoisotopic (exact) mass is 276 g/mol. The van der Waals surface area contributed by atoms with Crippen LogP contribution in [0.3, 0.4) is 0 Å². The van der Waals surface area contributed by atoms with Gasteiger partial charge in [0.25, 0.3) is 0 Å². The summed E-state index contributed by atoms with van der Waals surface area (Å²) >= 11 is 0. The zero-order valence-corrected chi connectivity index (χ0v) is 13.0. The molecule has 0 saturated heterocycles. The summed E-state index contributed by atoms with van der Waals surface area (Å²) < 4.78 is 0. The van der Waals surface area contributed by atoms with E-state index in [0.717, 1.165) is 16.8 Å². The van der Waals surface area contributed by atoms with Crippen LogP contribution in [0.15, 0.2) is 42.5 Å². The summed E-state index contributed by atoms with van der Waals surface area (Å²) in [4.78, 5) is 4.95. The first-order valence-corrected chi connectivity index (χ1v) is 7.26. The Kier molecular flexibility index (Phi) is 3.38. The van der Waals surface area contributed by atoms with Gasteiger partial charge in [-0.3, -0.25) is 0 Å². The quantitative estimate of drug-likeness (QED) is 0.722. The molecule has 1 aromatic heterocycles. The molecular weight excluding hydrogens is 256 g/mol. The second kappa shape index (κ2) is 5.21. The van der Waals surface area contributed by atoms with Gasteiger partial charge in [-0.15, -0.1) is 0 Å². The Bertz CT molecular complexity index is 805. The molecule has 2 heteroatoms. The molecule has 0 spiro atoms. The summed E-state index contributed by atoms with van der Waals surface area (Å²) in [5.74, 6) is 0. The van der Waals surface area contributed by atoms with Crippen LogP contribution in [-0.4, -0.2) is 12.0 Å². The molecule has 0 amide bonds. The second-order valence-electron chi connectivity index (χ2n) is 5.55. The fraction of sp³-hybridized carbons (Fsp3) is 0.211. The predicted octanol–water partition coefficient (Wildman–Crippen LogP) is 4.87. The van der Waals surface area contributed by atoms with Gasteiger partial charge in [0.05, 0.1) is 11.2 Å². The number of fused-ring (bicyclic) bond motifs is 1. The molecule has 0 bridgehead atoms. The highest BCUT2D eigenvalue weighted by molar-refractivity contribution is 5.98. The number of hydrogen-bond acceptors (Lipinski definition) is 2. The third-order valence-electron chi connectivity index (χ3n) is 3.97. The van der Waals surface area contributed by atoms with E-state index in [1.54, 1.807) is 0 Å². The highest BCUT2D eigenvalue weighted by Gasteiger charge is 2.13. The van der Waals surface area contributed by atoms with Crippen molar-refractivity contribution in [1.82, 2.24) is 4.98 Å². The fourth-order valence-electron chi connectivity index (χ4n) is 3.01. The van der Waals surface area contributed by atoms with Crippen LogP contribution in [0.4, 0.5) is 5.69 Å². The van der Waals surface area contributed by atoms with Crippen molar-refractivity contribution < 1.29 is 0 Å². The van der Waals surface area contributed by atoms with E-state index in [1.165, 1.54) is 27.8 Å². The molecule has 2 aromatic carbocycles. The van der Waals surface area contributed by atoms with Gasteiger partial charge in [0.15, 0.2) is 0 Å². The molecule has 0 saturated carbocycles. The molecule has 2 nitrogen and oxygen atoms in total. The minimum atomic E-state index is 1.06. The van der Waals surface area contributed by atoms with Gasteiger partial charge in [0.2, 0.25) is 0 Å². The molecule has 0 atom stereocenters. The Labute approximate surface area is 125 Å². The zero-order chi connectivity index (χ0) is 15.0. The maximum atomic E-state index is 4.95. The lowest BCUT2D eigenvalue weighted by atomic mass is 9.99. The van der Waals surface area contributed by atoms with Crippen molar-refractivity contribution in [3.63, 3.8) is 0 Å². The van der Waals surface area contributed by atoms with Crippen LogP contribution in [0, 0.1) is 20.8 Å². The van der Waals surface area contributed by atoms with Crippen LogP contribution in [0.1, 0.15) is 16.7 Å². The smallest absolute Gasteiger partial charge is 0.0759 e. The van der Waals surface area contributed by atoms with Gasteiger partial charge < -0.3 is 5.32 Å². The number of pyridine rings is 1. The van der Waals surface area contributed by atoms with E-state index < -0.39 is 0 Å². The SMILES string of the molecule is CNc1c(C)c(-c2ccccc2)nc2c(C)cc(C)cc12. The van der Waals surface area contributed by atoms with E-state index in [4.69, 9.17) is 4.98 Å². The van der Waals surface area contributed by atoms with E-state index in [0.29, 0.717) is 0 Å². The minimum Gasteiger partial charge on any atom is -0.387 e. The van der Waals surface area contributed by atoms with E-state index in [2.05, 4.69) is 62.5 Å². The lowest BCUT2D eigenvalue weighted by Gasteiger charge is -2.16. The number of anilines is 1. The Balaban J connectivity index is 2.41. The average Bonchev–Trinajstić information content (AvgIpc) is 2.47. The van der Waals surface area contributed by atoms with Crippen molar-refractivity contribution in [3.8, 4) is 11.3 Å². The van der Waals surface area contributed by atoms with Crippen LogP contribution >= 0.6 is 0 Å². The molecule has 0 aliphatic carbocycles. The van der Waals surface area contributed by atoms with Crippen molar-refractivity contribution >= 4 is 16.6 Å². The Morgan fingerprint density at radius 3 is 2.33 bits per heavy atom. The maximum absolute atomic E-state index is 4.95. The number of nitrogens with one attached hydrogen (secondary N) is 1. The van der Waals surface area contributed by atoms with E-state index in [9.17, 15) is 0 Å². The largest absolute Gasteiger partial charge is 0.387 e. The Morgan fingerprint density at radius 1 is 0.952 bits per heavy atom. The van der Waals surface area contributed by atoms with Crippen LogP contribution in [0.25, 0.3) is 22.2 Å². The fourth-order valence-corrected chi connectivity index (χ4v) is 3.01. The summed E-state index contributed by atoms with van der Waals surface area (Å²) in [6.07, 6.45) is 0. The van der Waals surface area contributed by atoms with Gasteiger partial charge in [-0.25, -0.2) is 4.98 Å². The molecule has 3 aromatic rings. The molecule has 106 valence electrons. The normalized spacial score (nSPS) is 10.9. The molecule has 3 rings (SSSR count). The molecular formula is C19H20N2. The van der Waals surface area contributed by atoms with E-state index >= 15 is 0 Å². The van der Waals surface area contributed by atoms with E-state index in [1.807, 2.05) is 13.1 Å². The molecule has 0 aliphatic heterocycles. The van der Waals surface area contributed by atoms with Crippen molar-refractivity contribution in [2.24, 2.45) is 0 Å². The number of nitrogens with zero attached hydrogens (tertiary/aromatic N) is 1. The molecule has 1 heterocycles. The predicted molar refractivity (Wildman–Crippen MR) is 90.9 cm³/mol. The minimum absolute atomic E-state index is 1.06. The van der Waals surface area contributed by atoms with Gasteiger partial charge in [0, 0.05) is 23.7 Å². The molecule has 0 fully saturated rings. The van der Waals surface area contributed by atoms with Crippen molar-refractivity contribution in [2.45, 2.75) is 20.8 Å². The van der Waals surface area contributed by atoms with Crippen LogP contribution in [0.5, 0.6) is 0 Å². The first-order chi connectivity index (χ1) is 10.1. The number of aryl methyl sites for hydroxylation is 2. The average molecular weight is 276 g/mol. The summed E-state index contributed by atoms with van der Waals surface area (Å²) in [5.41, 5.74) is 8.15. The summed E-state index contributed by atoms with van der Waals surface area (Å²) in [6, 6.07) is 14.8. The highest BCUT2D eigenvalue weighted by atomic mass is 14.8. The number of hydrogen-bond donors (Lipinski definition) is 1. The number of rotatable bonds is 2. The Morgan fingerprint density at radius 2 is 1.67 bits per heavy atom. The van der Waals surface area contributed by atoms with Gasteiger partial charge in [-0.05, 0) is 38.0 Å². The standard InChI is InChI=1S/C19H20N2/c1-12-10-13(2)17-16(11-12)19(20-4)14(3)18(21-17)15-8-6-5-7-9-15/h5-11H,1-4H3,(H,20,21). The van der Waals surface area contributed by atoms with Gasteiger partial charge in [0.1, 0.15) is 0 Å². The van der Waals surface area contributed by atoms with Crippen LogP contribution in [-0.2, 0) is 0 Å². The van der Waals surface area contributed by atoms with Crippen molar-refractivity contribution in [3.05, 3.63) is 59.2 Å². The maximum Gasteiger partial charge on any atom is 0.0759 e. The second-order valence-corrected chi connectivity index (χ2v) is 5.55. The summed E-state index contributed by atoms with van der Waals surface area (Å²) in [5, 5.41) is 4.56. The van der Waals surface area contributed by atoms with Crippen LogP contribution < -0.4 is 5.32 Å². The molecule has 21 heavy (non-hydrogen) atoms. The summed E-state index contributed by atoms with van der Waals surface area (Å²) in [7, 11) is 1.98. The van der Waals surface area contributed by atoms with Gasteiger partial charge >= 0.3 is 0 Å². The van der Waals surface area contributed by atoms with Crippen molar-refractivity contribution in [1.29, 1.82) is 0 Å². The summed E-state index contributed by atoms with van der Waals surface area (Å²) in [6.45, 7) is 6.40. The van der Waals surface area contributed by atoms with E-state index in [-0.39, 0.29) is 0 Å². The van der Waals surface area contributed by atoms with Gasteiger partial charge in [-0.2, -0.15) is 0 Å². The number of aromatic nitrogens is 1.